The Bertz CT molecular complexity index is 1560. The van der Waals surface area contributed by atoms with Crippen molar-refractivity contribution in [2.45, 2.75) is 26.6 Å². The highest BCUT2D eigenvalue weighted by Gasteiger charge is 2.40. The van der Waals surface area contributed by atoms with E-state index in [0.717, 1.165) is 28.3 Å². The molecule has 0 aromatic heterocycles. The molecule has 4 aromatic rings. The van der Waals surface area contributed by atoms with Crippen molar-refractivity contribution in [3.8, 4) is 17.2 Å². The fourth-order valence-electron chi connectivity index (χ4n) is 4.67. The number of anilines is 2. The van der Waals surface area contributed by atoms with Crippen molar-refractivity contribution >= 4 is 50.5 Å². The first-order valence-corrected chi connectivity index (χ1v) is 14.3. The summed E-state index contributed by atoms with van der Waals surface area (Å²) in [6.45, 7) is 4.29. The number of ketones is 1. The van der Waals surface area contributed by atoms with E-state index in [1.54, 1.807) is 7.11 Å². The number of ether oxygens (including phenoxy) is 3. The number of carbonyl (C=O) groups excluding carboxylic acids is 1. The zero-order valence-electron chi connectivity index (χ0n) is 22.9. The minimum Gasteiger partial charge on any atom is -0.494 e. The molecule has 7 nitrogen and oxygen atoms in total. The molecule has 0 aliphatic carbocycles. The molecule has 0 spiro atoms. The van der Waals surface area contributed by atoms with Gasteiger partial charge in [-0.05, 0) is 77.5 Å². The third kappa shape index (κ3) is 6.04. The summed E-state index contributed by atoms with van der Waals surface area (Å²) in [6, 6.07) is 28.8. The predicted octanol–water partition coefficient (Wildman–Crippen LogP) is 8.02. The van der Waals surface area contributed by atoms with Crippen LogP contribution in [0.1, 0.15) is 31.1 Å². The van der Waals surface area contributed by atoms with E-state index in [2.05, 4.69) is 15.9 Å². The molecule has 0 amide bonds. The number of hydrogen-bond acceptors (Lipinski definition) is 7. The average molecular weight is 635 g/mol. The molecule has 5 rings (SSSR count). The van der Waals surface area contributed by atoms with Gasteiger partial charge in [0.15, 0.2) is 29.3 Å². The maximum atomic E-state index is 13.0. The maximum absolute atomic E-state index is 13.0. The Kier molecular flexibility index (Phi) is 8.81. The van der Waals surface area contributed by atoms with Gasteiger partial charge in [0.2, 0.25) is 0 Å². The first-order chi connectivity index (χ1) is 19.9. The number of nitrogens with zero attached hydrogens (tertiary/aromatic N) is 3. The Morgan fingerprint density at radius 2 is 1.66 bits per heavy atom. The first kappa shape index (κ1) is 28.5. The lowest BCUT2D eigenvalue weighted by atomic mass is 10.1. The molecule has 1 aliphatic rings. The second-order valence-electron chi connectivity index (χ2n) is 9.24. The molecular weight excluding hydrogens is 606 g/mol. The van der Waals surface area contributed by atoms with E-state index in [1.165, 1.54) is 6.92 Å². The minimum absolute atomic E-state index is 0.159. The predicted molar refractivity (Wildman–Crippen MR) is 166 cm³/mol. The van der Waals surface area contributed by atoms with Crippen molar-refractivity contribution in [1.29, 1.82) is 0 Å². The van der Waals surface area contributed by atoms with Gasteiger partial charge in [0.25, 0.3) is 0 Å². The lowest BCUT2D eigenvalue weighted by Crippen LogP contribution is -2.37. The molecule has 41 heavy (non-hydrogen) atoms. The summed E-state index contributed by atoms with van der Waals surface area (Å²) < 4.78 is 18.3. The molecule has 1 aliphatic heterocycles. The second kappa shape index (κ2) is 12.7. The van der Waals surface area contributed by atoms with Crippen LogP contribution in [0.3, 0.4) is 0 Å². The highest BCUT2D eigenvalue weighted by molar-refractivity contribution is 9.10. The number of halogens is 2. The average Bonchev–Trinajstić information content (AvgIpc) is 3.39. The Morgan fingerprint density at radius 3 is 2.32 bits per heavy atom. The molecular formula is C32H29BrClN3O4. The third-order valence-corrected chi connectivity index (χ3v) is 7.51. The largest absolute Gasteiger partial charge is 0.494 e. The van der Waals surface area contributed by atoms with Crippen LogP contribution in [0, 0.1) is 0 Å². The highest BCUT2D eigenvalue weighted by Crippen LogP contribution is 2.45. The molecule has 0 saturated heterocycles. The van der Waals surface area contributed by atoms with Crippen LogP contribution < -0.4 is 24.1 Å². The van der Waals surface area contributed by atoms with Gasteiger partial charge in [-0.25, -0.2) is 5.01 Å². The molecule has 0 saturated carbocycles. The highest BCUT2D eigenvalue weighted by atomic mass is 79.9. The number of hydrazone groups is 1. The summed E-state index contributed by atoms with van der Waals surface area (Å²) in [7, 11) is 1.60. The quantitative estimate of drug-likeness (QED) is 0.176. The van der Waals surface area contributed by atoms with E-state index in [0.29, 0.717) is 33.4 Å². The second-order valence-corrected chi connectivity index (χ2v) is 10.5. The Morgan fingerprint density at radius 1 is 0.951 bits per heavy atom. The first-order valence-electron chi connectivity index (χ1n) is 13.1. The number of carbonyl (C=O) groups is 1. The van der Waals surface area contributed by atoms with Crippen molar-refractivity contribution < 1.29 is 19.0 Å². The molecule has 210 valence electrons. The van der Waals surface area contributed by atoms with Gasteiger partial charge in [0.1, 0.15) is 12.4 Å². The smallest absolute Gasteiger partial charge is 0.198 e. The van der Waals surface area contributed by atoms with Crippen LogP contribution in [-0.4, -0.2) is 25.3 Å². The number of para-hydroxylation sites is 1. The third-order valence-electron chi connectivity index (χ3n) is 6.55. The van der Waals surface area contributed by atoms with Crippen LogP contribution >= 0.6 is 27.5 Å². The SMILES string of the molecule is CCOc1ccc(N2C(C(C)=O)=NN(c3ccccc3)C2c2cc(Br)c(OCc3ccccc3Cl)c(OC)c2)cc1. The number of Topliss-reactive ketones (excluding diaryl/α,β-unsaturated/α-hetero) is 1. The normalized spacial score (nSPS) is 14.6. The van der Waals surface area contributed by atoms with Crippen molar-refractivity contribution in [2.24, 2.45) is 5.10 Å². The number of benzene rings is 4. The zero-order valence-corrected chi connectivity index (χ0v) is 25.2. The monoisotopic (exact) mass is 633 g/mol. The van der Waals surface area contributed by atoms with Crippen LogP contribution in [-0.2, 0) is 11.4 Å². The van der Waals surface area contributed by atoms with Crippen molar-refractivity contribution in [2.75, 3.05) is 23.6 Å². The van der Waals surface area contributed by atoms with Gasteiger partial charge >= 0.3 is 0 Å². The molecule has 0 radical (unpaired) electrons. The molecule has 4 aromatic carbocycles. The van der Waals surface area contributed by atoms with E-state index < -0.39 is 6.17 Å². The molecule has 1 unspecified atom stereocenters. The van der Waals surface area contributed by atoms with Crippen LogP contribution in [0.4, 0.5) is 11.4 Å². The van der Waals surface area contributed by atoms with Gasteiger partial charge in [-0.3, -0.25) is 9.69 Å². The lowest BCUT2D eigenvalue weighted by Gasteiger charge is -2.32. The number of amidine groups is 1. The van der Waals surface area contributed by atoms with Gasteiger partial charge in [0, 0.05) is 28.8 Å². The zero-order chi connectivity index (χ0) is 28.9. The maximum Gasteiger partial charge on any atom is 0.198 e. The summed E-state index contributed by atoms with van der Waals surface area (Å²) in [5, 5.41) is 7.29. The summed E-state index contributed by atoms with van der Waals surface area (Å²) in [6.07, 6.45) is -0.503. The van der Waals surface area contributed by atoms with Crippen LogP contribution in [0.5, 0.6) is 17.2 Å². The van der Waals surface area contributed by atoms with E-state index >= 15 is 0 Å². The molecule has 1 atom stereocenters. The molecule has 1 heterocycles. The van der Waals surface area contributed by atoms with Crippen molar-refractivity contribution in [3.05, 3.63) is 112 Å². The van der Waals surface area contributed by atoms with Gasteiger partial charge in [0.05, 0.1) is 23.9 Å². The summed E-state index contributed by atoms with van der Waals surface area (Å²) >= 11 is 10.1. The van der Waals surface area contributed by atoms with E-state index in [9.17, 15) is 4.79 Å². The summed E-state index contributed by atoms with van der Waals surface area (Å²) in [4.78, 5) is 14.9. The van der Waals surface area contributed by atoms with Gasteiger partial charge in [-0.1, -0.05) is 48.0 Å². The van der Waals surface area contributed by atoms with Crippen molar-refractivity contribution in [3.63, 3.8) is 0 Å². The number of methoxy groups -OCH3 is 1. The molecule has 0 bridgehead atoms. The molecule has 9 heteroatoms. The van der Waals surface area contributed by atoms with Crippen LogP contribution in [0.15, 0.2) is 101 Å². The Hall–Kier alpha value is -4.01. The molecule has 0 fully saturated rings. The van der Waals surface area contributed by atoms with E-state index in [4.69, 9.17) is 30.9 Å². The Labute approximate surface area is 253 Å². The fraction of sp³-hybridized carbons (Fsp3) is 0.188. The fourth-order valence-corrected chi connectivity index (χ4v) is 5.43. The topological polar surface area (TPSA) is 63.6 Å². The Balaban J connectivity index is 1.59. The van der Waals surface area contributed by atoms with Crippen LogP contribution in [0.2, 0.25) is 5.02 Å². The summed E-state index contributed by atoms with van der Waals surface area (Å²) in [5.74, 6) is 1.97. The summed E-state index contributed by atoms with van der Waals surface area (Å²) in [5.41, 5.74) is 3.31. The standard InChI is InChI=1S/C32H29BrClN3O4/c1-4-40-26-16-14-24(15-17-26)36-31(21(2)38)35-37(25-11-6-5-7-12-25)32(36)23-18-27(33)30(29(19-23)39-3)41-20-22-10-8-9-13-28(22)34/h5-19,32H,4,20H2,1-3H3. The van der Waals surface area contributed by atoms with Crippen molar-refractivity contribution in [1.82, 2.24) is 0 Å². The lowest BCUT2D eigenvalue weighted by molar-refractivity contribution is -0.111. The van der Waals surface area contributed by atoms with E-state index in [-0.39, 0.29) is 12.4 Å². The minimum atomic E-state index is -0.503. The van der Waals surface area contributed by atoms with E-state index in [1.807, 2.05) is 108 Å². The van der Waals surface area contributed by atoms with Crippen LogP contribution in [0.25, 0.3) is 0 Å². The van der Waals surface area contributed by atoms with Gasteiger partial charge < -0.3 is 14.2 Å². The number of hydrogen-bond donors (Lipinski definition) is 0. The number of rotatable bonds is 10. The van der Waals surface area contributed by atoms with Gasteiger partial charge in [-0.15, -0.1) is 5.10 Å². The van der Waals surface area contributed by atoms with Gasteiger partial charge in [-0.2, -0.15) is 0 Å². The molecule has 0 N–H and O–H groups in total.